The number of hydrogen-bond acceptors (Lipinski definition) is 4. The average Bonchev–Trinajstić information content (AvgIpc) is 2.70. The predicted molar refractivity (Wildman–Crippen MR) is 114 cm³/mol. The molecule has 0 aliphatic heterocycles. The molecule has 0 atom stereocenters. The van der Waals surface area contributed by atoms with Crippen LogP contribution in [0.5, 0.6) is 5.75 Å². The Kier molecular flexibility index (Phi) is 7.61. The lowest BCUT2D eigenvalue weighted by atomic mass is 9.98. The molecule has 150 valence electrons. The highest BCUT2D eigenvalue weighted by Gasteiger charge is 2.21. The zero-order chi connectivity index (χ0) is 20.7. The largest absolute Gasteiger partial charge is 0.497 e. The summed E-state index contributed by atoms with van der Waals surface area (Å²) in [7, 11) is 1.66. The maximum Gasteiger partial charge on any atom is 0.414 e. The zero-order valence-corrected chi connectivity index (χ0v) is 17.5. The number of ether oxygens (including phenoxy) is 2. The summed E-state index contributed by atoms with van der Waals surface area (Å²) < 4.78 is 10.6. The van der Waals surface area contributed by atoms with Crippen molar-refractivity contribution in [2.75, 3.05) is 25.2 Å². The third kappa shape index (κ3) is 4.71. The van der Waals surface area contributed by atoms with E-state index in [9.17, 15) is 4.79 Å². The standard InChI is InChI=1S/C23H30N2O3/c1-7-12-25(23(26)28-13-8-2)21-15-18(9-3)22(24-17(21)5)20-11-10-19(27-6)14-16(20)4/h8,10-11,14-15H,2,7,9,12-13H2,1,3-6H3. The van der Waals surface area contributed by atoms with Gasteiger partial charge in [-0.3, -0.25) is 9.88 Å². The molecule has 0 fully saturated rings. The van der Waals surface area contributed by atoms with Gasteiger partial charge in [-0.15, -0.1) is 0 Å². The molecular weight excluding hydrogens is 352 g/mol. The monoisotopic (exact) mass is 382 g/mol. The Balaban J connectivity index is 2.52. The van der Waals surface area contributed by atoms with Crippen molar-refractivity contribution in [2.45, 2.75) is 40.5 Å². The van der Waals surface area contributed by atoms with E-state index in [4.69, 9.17) is 14.5 Å². The molecule has 28 heavy (non-hydrogen) atoms. The fourth-order valence-corrected chi connectivity index (χ4v) is 3.18. The van der Waals surface area contributed by atoms with Gasteiger partial charge in [0.1, 0.15) is 12.4 Å². The number of pyridine rings is 1. The summed E-state index contributed by atoms with van der Waals surface area (Å²) in [5.74, 6) is 0.826. The third-order valence-corrected chi connectivity index (χ3v) is 4.62. The van der Waals surface area contributed by atoms with Gasteiger partial charge in [0.25, 0.3) is 0 Å². The molecule has 1 heterocycles. The van der Waals surface area contributed by atoms with Crippen molar-refractivity contribution in [3.63, 3.8) is 0 Å². The van der Waals surface area contributed by atoms with Crippen molar-refractivity contribution >= 4 is 11.8 Å². The van der Waals surface area contributed by atoms with E-state index in [1.807, 2.05) is 32.0 Å². The number of anilines is 1. The maximum atomic E-state index is 12.5. The first-order chi connectivity index (χ1) is 13.5. The average molecular weight is 383 g/mol. The molecule has 5 nitrogen and oxygen atoms in total. The van der Waals surface area contributed by atoms with Gasteiger partial charge in [-0.25, -0.2) is 4.79 Å². The minimum Gasteiger partial charge on any atom is -0.497 e. The van der Waals surface area contributed by atoms with Gasteiger partial charge in [0, 0.05) is 12.1 Å². The molecule has 1 aromatic carbocycles. The van der Waals surface area contributed by atoms with Crippen LogP contribution in [0.3, 0.4) is 0 Å². The van der Waals surface area contributed by atoms with E-state index in [1.165, 1.54) is 0 Å². The summed E-state index contributed by atoms with van der Waals surface area (Å²) in [6, 6.07) is 8.06. The number of carbonyl (C=O) groups is 1. The quantitative estimate of drug-likeness (QED) is 0.568. The lowest BCUT2D eigenvalue weighted by Crippen LogP contribution is -2.33. The van der Waals surface area contributed by atoms with Crippen molar-refractivity contribution in [1.29, 1.82) is 0 Å². The van der Waals surface area contributed by atoms with Crippen molar-refractivity contribution < 1.29 is 14.3 Å². The molecule has 2 rings (SSSR count). The first kappa shape index (κ1) is 21.5. The molecular formula is C23H30N2O3. The molecule has 0 aliphatic rings. The molecule has 5 heteroatoms. The van der Waals surface area contributed by atoms with Crippen LogP contribution in [-0.4, -0.2) is 31.3 Å². The van der Waals surface area contributed by atoms with Gasteiger partial charge in [-0.05, 0) is 62.1 Å². The third-order valence-electron chi connectivity index (χ3n) is 4.62. The minimum absolute atomic E-state index is 0.190. The lowest BCUT2D eigenvalue weighted by Gasteiger charge is -2.24. The molecule has 1 amide bonds. The number of aromatic nitrogens is 1. The summed E-state index contributed by atoms with van der Waals surface area (Å²) in [5.41, 5.74) is 5.80. The highest BCUT2D eigenvalue weighted by molar-refractivity contribution is 5.89. The van der Waals surface area contributed by atoms with Gasteiger partial charge in [0.2, 0.25) is 0 Å². The normalized spacial score (nSPS) is 10.5. The molecule has 0 radical (unpaired) electrons. The summed E-state index contributed by atoms with van der Waals surface area (Å²) >= 11 is 0. The fraction of sp³-hybridized carbons (Fsp3) is 0.391. The molecule has 0 saturated heterocycles. The second-order valence-electron chi connectivity index (χ2n) is 6.65. The first-order valence-electron chi connectivity index (χ1n) is 9.67. The smallest absolute Gasteiger partial charge is 0.414 e. The number of benzene rings is 1. The highest BCUT2D eigenvalue weighted by Crippen LogP contribution is 2.32. The predicted octanol–water partition coefficient (Wildman–Crippen LogP) is 5.48. The van der Waals surface area contributed by atoms with Crippen LogP contribution in [0, 0.1) is 13.8 Å². The number of amides is 1. The van der Waals surface area contributed by atoms with E-state index in [-0.39, 0.29) is 12.7 Å². The Hall–Kier alpha value is -2.82. The number of carbonyl (C=O) groups excluding carboxylic acids is 1. The second-order valence-corrected chi connectivity index (χ2v) is 6.65. The Labute approximate surface area is 168 Å². The first-order valence-corrected chi connectivity index (χ1v) is 9.67. The van der Waals surface area contributed by atoms with Crippen molar-refractivity contribution in [2.24, 2.45) is 0 Å². The van der Waals surface area contributed by atoms with E-state index in [2.05, 4.69) is 26.5 Å². The van der Waals surface area contributed by atoms with Gasteiger partial charge >= 0.3 is 6.09 Å². The summed E-state index contributed by atoms with van der Waals surface area (Å²) in [6.07, 6.45) is 2.83. The highest BCUT2D eigenvalue weighted by atomic mass is 16.6. The number of rotatable bonds is 8. The van der Waals surface area contributed by atoms with Crippen LogP contribution in [0.2, 0.25) is 0 Å². The van der Waals surface area contributed by atoms with Crippen LogP contribution in [0.15, 0.2) is 36.9 Å². The van der Waals surface area contributed by atoms with Crippen LogP contribution >= 0.6 is 0 Å². The molecule has 0 spiro atoms. The van der Waals surface area contributed by atoms with Crippen molar-refractivity contribution in [3.05, 3.63) is 53.7 Å². The second kappa shape index (κ2) is 9.93. The Morgan fingerprint density at radius 3 is 2.57 bits per heavy atom. The van der Waals surface area contributed by atoms with Crippen LogP contribution < -0.4 is 9.64 Å². The van der Waals surface area contributed by atoms with Crippen LogP contribution in [-0.2, 0) is 11.2 Å². The Bertz CT molecular complexity index is 846. The van der Waals surface area contributed by atoms with Gasteiger partial charge in [0.15, 0.2) is 0 Å². The lowest BCUT2D eigenvalue weighted by molar-refractivity contribution is 0.166. The van der Waals surface area contributed by atoms with E-state index < -0.39 is 0 Å². The topological polar surface area (TPSA) is 51.7 Å². The summed E-state index contributed by atoms with van der Waals surface area (Å²) in [5, 5.41) is 0. The molecule has 1 aromatic heterocycles. The number of hydrogen-bond donors (Lipinski definition) is 0. The molecule has 0 aliphatic carbocycles. The van der Waals surface area contributed by atoms with E-state index in [0.29, 0.717) is 6.54 Å². The molecule has 0 bridgehead atoms. The Morgan fingerprint density at radius 2 is 2.00 bits per heavy atom. The summed E-state index contributed by atoms with van der Waals surface area (Å²) in [4.78, 5) is 19.1. The van der Waals surface area contributed by atoms with Gasteiger partial charge in [-0.2, -0.15) is 0 Å². The number of methoxy groups -OCH3 is 1. The number of nitrogens with zero attached hydrogens (tertiary/aromatic N) is 2. The molecule has 2 aromatic rings. The van der Waals surface area contributed by atoms with Gasteiger partial charge in [0.05, 0.1) is 24.2 Å². The van der Waals surface area contributed by atoms with E-state index >= 15 is 0 Å². The van der Waals surface area contributed by atoms with Crippen molar-refractivity contribution in [3.8, 4) is 17.0 Å². The van der Waals surface area contributed by atoms with Crippen LogP contribution in [0.1, 0.15) is 37.1 Å². The molecule has 0 saturated carbocycles. The van der Waals surface area contributed by atoms with E-state index in [0.717, 1.165) is 52.4 Å². The summed E-state index contributed by atoms with van der Waals surface area (Å²) in [6.45, 7) is 12.5. The van der Waals surface area contributed by atoms with Crippen LogP contribution in [0.4, 0.5) is 10.5 Å². The Morgan fingerprint density at radius 1 is 1.25 bits per heavy atom. The van der Waals surface area contributed by atoms with Gasteiger partial charge < -0.3 is 9.47 Å². The van der Waals surface area contributed by atoms with Crippen LogP contribution in [0.25, 0.3) is 11.3 Å². The molecule has 0 N–H and O–H groups in total. The zero-order valence-electron chi connectivity index (χ0n) is 17.5. The van der Waals surface area contributed by atoms with Gasteiger partial charge in [-0.1, -0.05) is 26.5 Å². The van der Waals surface area contributed by atoms with Crippen molar-refractivity contribution in [1.82, 2.24) is 4.98 Å². The number of aryl methyl sites for hydroxylation is 3. The minimum atomic E-state index is -0.373. The van der Waals surface area contributed by atoms with E-state index in [1.54, 1.807) is 18.1 Å². The maximum absolute atomic E-state index is 12.5. The SMILES string of the molecule is C=CCOC(=O)N(CCC)c1cc(CC)c(-c2ccc(OC)cc2C)nc1C. The fourth-order valence-electron chi connectivity index (χ4n) is 3.18. The molecule has 0 unspecified atom stereocenters.